The Kier molecular flexibility index (Phi) is 4.88. The largest absolute Gasteiger partial charge is 0.323 e. The summed E-state index contributed by atoms with van der Waals surface area (Å²) in [6.07, 6.45) is 4.73. The van der Waals surface area contributed by atoms with Crippen molar-refractivity contribution in [2.75, 3.05) is 16.8 Å². The summed E-state index contributed by atoms with van der Waals surface area (Å²) in [5.74, 6) is 0.500. The number of carbonyl (C=O) groups excluding carboxylic acids is 2. The molecule has 0 bridgehead atoms. The maximum Gasteiger partial charge on any atom is 0.230 e. The van der Waals surface area contributed by atoms with Crippen LogP contribution in [0.5, 0.6) is 0 Å². The molecule has 7 nitrogen and oxygen atoms in total. The number of amides is 2. The Hall–Kier alpha value is -3.13. The van der Waals surface area contributed by atoms with Gasteiger partial charge in [0.15, 0.2) is 11.0 Å². The van der Waals surface area contributed by atoms with Gasteiger partial charge in [0.25, 0.3) is 0 Å². The molecule has 0 radical (unpaired) electrons. The van der Waals surface area contributed by atoms with Crippen LogP contribution < -0.4 is 10.2 Å². The molecule has 1 saturated heterocycles. The van der Waals surface area contributed by atoms with Gasteiger partial charge < -0.3 is 5.32 Å². The summed E-state index contributed by atoms with van der Waals surface area (Å²) in [6.45, 7) is 0.698. The van der Waals surface area contributed by atoms with Crippen molar-refractivity contribution in [2.45, 2.75) is 19.3 Å². The summed E-state index contributed by atoms with van der Waals surface area (Å²) in [4.78, 5) is 38.7. The lowest BCUT2D eigenvalue weighted by Crippen LogP contribution is -2.23. The second kappa shape index (κ2) is 7.63. The van der Waals surface area contributed by atoms with E-state index in [1.165, 1.54) is 11.3 Å². The van der Waals surface area contributed by atoms with Crippen LogP contribution in [0.15, 0.2) is 48.1 Å². The van der Waals surface area contributed by atoms with Crippen LogP contribution in [-0.4, -0.2) is 33.3 Å². The van der Waals surface area contributed by atoms with Gasteiger partial charge in [-0.1, -0.05) is 30.3 Å². The number of nitrogens with zero attached hydrogens (tertiary/aromatic N) is 4. The summed E-state index contributed by atoms with van der Waals surface area (Å²) in [5, 5.41) is 5.25. The van der Waals surface area contributed by atoms with Gasteiger partial charge in [-0.05, 0) is 6.42 Å². The first-order chi connectivity index (χ1) is 13.2. The zero-order valence-electron chi connectivity index (χ0n) is 14.5. The van der Waals surface area contributed by atoms with Gasteiger partial charge in [-0.15, -0.1) is 11.3 Å². The average Bonchev–Trinajstić information content (AvgIpc) is 3.31. The minimum atomic E-state index is -0.198. The minimum Gasteiger partial charge on any atom is -0.323 e. The number of thiazole rings is 1. The fourth-order valence-corrected chi connectivity index (χ4v) is 3.72. The first-order valence-electron chi connectivity index (χ1n) is 8.61. The van der Waals surface area contributed by atoms with E-state index in [-0.39, 0.29) is 18.2 Å². The fourth-order valence-electron chi connectivity index (χ4n) is 2.85. The third-order valence-electron chi connectivity index (χ3n) is 4.15. The van der Waals surface area contributed by atoms with E-state index in [0.29, 0.717) is 35.3 Å². The molecule has 1 aromatic carbocycles. The first kappa shape index (κ1) is 17.3. The highest BCUT2D eigenvalue weighted by Gasteiger charge is 2.24. The summed E-state index contributed by atoms with van der Waals surface area (Å²) >= 11 is 1.39. The third kappa shape index (κ3) is 4.01. The van der Waals surface area contributed by atoms with Crippen LogP contribution in [0.3, 0.4) is 0 Å². The Morgan fingerprint density at radius 2 is 1.96 bits per heavy atom. The smallest absolute Gasteiger partial charge is 0.230 e. The highest BCUT2D eigenvalue weighted by Crippen LogP contribution is 2.25. The maximum absolute atomic E-state index is 12.2. The van der Waals surface area contributed by atoms with Crippen LogP contribution in [0.25, 0.3) is 11.4 Å². The molecule has 3 heterocycles. The van der Waals surface area contributed by atoms with E-state index in [4.69, 9.17) is 0 Å². The van der Waals surface area contributed by atoms with E-state index in [2.05, 4.69) is 20.3 Å². The van der Waals surface area contributed by atoms with Crippen LogP contribution in [0, 0.1) is 0 Å². The van der Waals surface area contributed by atoms with Gasteiger partial charge in [0, 0.05) is 23.9 Å². The normalized spacial score (nSPS) is 13.8. The van der Waals surface area contributed by atoms with Gasteiger partial charge in [0.2, 0.25) is 11.8 Å². The van der Waals surface area contributed by atoms with Crippen LogP contribution in [0.1, 0.15) is 18.5 Å². The van der Waals surface area contributed by atoms with Crippen LogP contribution in [-0.2, 0) is 16.0 Å². The van der Waals surface area contributed by atoms with E-state index < -0.39 is 0 Å². The van der Waals surface area contributed by atoms with Crippen molar-refractivity contribution in [3.8, 4) is 11.4 Å². The Bertz CT molecular complexity index is 956. The Labute approximate surface area is 160 Å². The standard InChI is InChI=1S/C19H17N5O2S/c25-16(9-14-12-27-19(23-14)24-8-4-7-17(24)26)22-15-10-20-18(21-11-15)13-5-2-1-3-6-13/h1-3,5-6,10-12H,4,7-9H2,(H,22,25). The Morgan fingerprint density at radius 3 is 2.67 bits per heavy atom. The molecule has 4 rings (SSSR count). The monoisotopic (exact) mass is 379 g/mol. The zero-order chi connectivity index (χ0) is 18.6. The molecule has 0 aliphatic carbocycles. The van der Waals surface area contributed by atoms with Crippen molar-refractivity contribution >= 4 is 34.0 Å². The molecule has 8 heteroatoms. The second-order valence-electron chi connectivity index (χ2n) is 6.16. The van der Waals surface area contributed by atoms with Crippen LogP contribution in [0.4, 0.5) is 10.8 Å². The van der Waals surface area contributed by atoms with Gasteiger partial charge in [0.05, 0.1) is 30.2 Å². The number of hydrogen-bond donors (Lipinski definition) is 1. The highest BCUT2D eigenvalue weighted by molar-refractivity contribution is 7.14. The molecule has 1 aliphatic rings. The lowest BCUT2D eigenvalue weighted by atomic mass is 10.2. The molecule has 1 aliphatic heterocycles. The van der Waals surface area contributed by atoms with Crippen molar-refractivity contribution in [3.63, 3.8) is 0 Å². The topological polar surface area (TPSA) is 88.1 Å². The molecule has 3 aromatic rings. The van der Waals surface area contributed by atoms with E-state index in [1.54, 1.807) is 17.3 Å². The van der Waals surface area contributed by atoms with Crippen molar-refractivity contribution < 1.29 is 9.59 Å². The van der Waals surface area contributed by atoms with Crippen molar-refractivity contribution in [2.24, 2.45) is 0 Å². The number of nitrogens with one attached hydrogen (secondary N) is 1. The van der Waals surface area contributed by atoms with Crippen molar-refractivity contribution in [1.82, 2.24) is 15.0 Å². The molecule has 0 spiro atoms. The molecular formula is C19H17N5O2S. The predicted molar refractivity (Wildman–Crippen MR) is 104 cm³/mol. The van der Waals surface area contributed by atoms with Crippen LogP contribution >= 0.6 is 11.3 Å². The zero-order valence-corrected chi connectivity index (χ0v) is 15.3. The second-order valence-corrected chi connectivity index (χ2v) is 6.99. The maximum atomic E-state index is 12.2. The molecule has 2 aromatic heterocycles. The SMILES string of the molecule is O=C(Cc1csc(N2CCCC2=O)n1)Nc1cnc(-c2ccccc2)nc1. The molecule has 0 atom stereocenters. The van der Waals surface area contributed by atoms with Gasteiger partial charge in [-0.2, -0.15) is 0 Å². The van der Waals surface area contributed by atoms with E-state index in [1.807, 2.05) is 35.7 Å². The molecule has 0 unspecified atom stereocenters. The molecule has 1 N–H and O–H groups in total. The Balaban J connectivity index is 1.37. The number of rotatable bonds is 5. The molecule has 136 valence electrons. The molecule has 27 heavy (non-hydrogen) atoms. The van der Waals surface area contributed by atoms with Gasteiger partial charge in [-0.3, -0.25) is 14.5 Å². The van der Waals surface area contributed by atoms with E-state index >= 15 is 0 Å². The molecule has 2 amide bonds. The summed E-state index contributed by atoms with van der Waals surface area (Å²) in [6, 6.07) is 9.64. The number of aromatic nitrogens is 3. The summed E-state index contributed by atoms with van der Waals surface area (Å²) in [7, 11) is 0. The lowest BCUT2D eigenvalue weighted by Gasteiger charge is -2.10. The van der Waals surface area contributed by atoms with Gasteiger partial charge in [-0.25, -0.2) is 15.0 Å². The van der Waals surface area contributed by atoms with Gasteiger partial charge in [0.1, 0.15) is 0 Å². The van der Waals surface area contributed by atoms with E-state index in [9.17, 15) is 9.59 Å². The van der Waals surface area contributed by atoms with Crippen LogP contribution in [0.2, 0.25) is 0 Å². The number of hydrogen-bond acceptors (Lipinski definition) is 6. The third-order valence-corrected chi connectivity index (χ3v) is 5.07. The number of carbonyl (C=O) groups is 2. The first-order valence-corrected chi connectivity index (χ1v) is 9.49. The number of anilines is 2. The summed E-state index contributed by atoms with van der Waals surface area (Å²) < 4.78 is 0. The Morgan fingerprint density at radius 1 is 1.19 bits per heavy atom. The lowest BCUT2D eigenvalue weighted by molar-refractivity contribution is -0.117. The van der Waals surface area contributed by atoms with Crippen molar-refractivity contribution in [1.29, 1.82) is 0 Å². The number of benzene rings is 1. The quantitative estimate of drug-likeness (QED) is 0.736. The van der Waals surface area contributed by atoms with E-state index in [0.717, 1.165) is 12.0 Å². The predicted octanol–water partition coefficient (Wildman–Crippen LogP) is 2.91. The molecule has 1 fully saturated rings. The fraction of sp³-hybridized carbons (Fsp3) is 0.211. The van der Waals surface area contributed by atoms with Crippen molar-refractivity contribution in [3.05, 3.63) is 53.8 Å². The van der Waals surface area contributed by atoms with Gasteiger partial charge >= 0.3 is 0 Å². The minimum absolute atomic E-state index is 0.0935. The molecular weight excluding hydrogens is 362 g/mol. The molecule has 0 saturated carbocycles. The average molecular weight is 379 g/mol. The summed E-state index contributed by atoms with van der Waals surface area (Å²) in [5.41, 5.74) is 2.10. The highest BCUT2D eigenvalue weighted by atomic mass is 32.1.